The van der Waals surface area contributed by atoms with Gasteiger partial charge >= 0.3 is 0 Å². The van der Waals surface area contributed by atoms with Gasteiger partial charge in [-0.2, -0.15) is 0 Å². The second-order valence-electron chi connectivity index (χ2n) is 5.75. The van der Waals surface area contributed by atoms with E-state index in [0.29, 0.717) is 12.3 Å². The molecule has 0 bridgehead atoms. The minimum Gasteiger partial charge on any atom is -0.495 e. The molecule has 0 aliphatic heterocycles. The summed E-state index contributed by atoms with van der Waals surface area (Å²) < 4.78 is 5.17. The SMILES string of the molecule is COc1ccc([N+](=O)[O-])cc1NC(=O)[C@H](C)N(C)Cc1sccc1C. The topological polar surface area (TPSA) is 84.7 Å². The van der Waals surface area contributed by atoms with Crippen molar-refractivity contribution in [2.75, 3.05) is 19.5 Å². The Labute approximate surface area is 150 Å². The van der Waals surface area contributed by atoms with Gasteiger partial charge in [-0.05, 0) is 44.0 Å². The fourth-order valence-electron chi connectivity index (χ4n) is 2.27. The number of nitrogens with zero attached hydrogens (tertiary/aromatic N) is 2. The van der Waals surface area contributed by atoms with Crippen LogP contribution >= 0.6 is 11.3 Å². The Bertz CT molecular complexity index is 775. The van der Waals surface area contributed by atoms with Gasteiger partial charge in [-0.25, -0.2) is 0 Å². The van der Waals surface area contributed by atoms with Crippen LogP contribution in [0.25, 0.3) is 0 Å². The number of methoxy groups -OCH3 is 1. The molecule has 0 aliphatic carbocycles. The number of rotatable bonds is 7. The van der Waals surface area contributed by atoms with E-state index in [0.717, 1.165) is 0 Å². The van der Waals surface area contributed by atoms with Crippen molar-refractivity contribution < 1.29 is 14.5 Å². The molecule has 0 saturated carbocycles. The number of nitro groups is 1. The molecule has 1 atom stereocenters. The lowest BCUT2D eigenvalue weighted by atomic mass is 10.2. The third-order valence-corrected chi connectivity index (χ3v) is 5.06. The zero-order valence-electron chi connectivity index (χ0n) is 14.6. The van der Waals surface area contributed by atoms with E-state index in [1.54, 1.807) is 18.3 Å². The van der Waals surface area contributed by atoms with Crippen molar-refractivity contribution in [1.82, 2.24) is 4.90 Å². The highest BCUT2D eigenvalue weighted by Gasteiger charge is 2.21. The van der Waals surface area contributed by atoms with Crippen LogP contribution < -0.4 is 10.1 Å². The van der Waals surface area contributed by atoms with Crippen LogP contribution in [-0.2, 0) is 11.3 Å². The quantitative estimate of drug-likeness (QED) is 0.602. The Morgan fingerprint density at radius 3 is 2.72 bits per heavy atom. The van der Waals surface area contributed by atoms with Gasteiger partial charge in [-0.3, -0.25) is 19.8 Å². The largest absolute Gasteiger partial charge is 0.495 e. The highest BCUT2D eigenvalue weighted by molar-refractivity contribution is 7.10. The predicted molar refractivity (Wildman–Crippen MR) is 98.3 cm³/mol. The molecule has 0 aliphatic rings. The van der Waals surface area contributed by atoms with Crippen molar-refractivity contribution >= 4 is 28.6 Å². The molecule has 2 rings (SSSR count). The second kappa shape index (κ2) is 8.09. The maximum Gasteiger partial charge on any atom is 0.271 e. The Kier molecular flexibility index (Phi) is 6.11. The van der Waals surface area contributed by atoms with Gasteiger partial charge in [0.25, 0.3) is 5.69 Å². The molecule has 0 saturated heterocycles. The summed E-state index contributed by atoms with van der Waals surface area (Å²) in [4.78, 5) is 26.1. The molecule has 0 unspecified atom stereocenters. The number of hydrogen-bond acceptors (Lipinski definition) is 6. The number of anilines is 1. The minimum absolute atomic E-state index is 0.105. The monoisotopic (exact) mass is 363 g/mol. The maximum atomic E-state index is 12.5. The molecule has 1 amide bonds. The average molecular weight is 363 g/mol. The zero-order chi connectivity index (χ0) is 18.6. The number of nitrogens with one attached hydrogen (secondary N) is 1. The Morgan fingerprint density at radius 2 is 2.16 bits per heavy atom. The third-order valence-electron chi connectivity index (χ3n) is 4.05. The van der Waals surface area contributed by atoms with Gasteiger partial charge in [0, 0.05) is 23.6 Å². The number of benzene rings is 1. The summed E-state index contributed by atoms with van der Waals surface area (Å²) in [5.41, 5.74) is 1.38. The number of aryl methyl sites for hydroxylation is 1. The molecule has 134 valence electrons. The lowest BCUT2D eigenvalue weighted by molar-refractivity contribution is -0.384. The van der Waals surface area contributed by atoms with Crippen molar-refractivity contribution in [1.29, 1.82) is 0 Å². The van der Waals surface area contributed by atoms with E-state index in [9.17, 15) is 14.9 Å². The minimum atomic E-state index is -0.510. The first kappa shape index (κ1) is 18.9. The van der Waals surface area contributed by atoms with Gasteiger partial charge in [-0.15, -0.1) is 11.3 Å². The van der Waals surface area contributed by atoms with Crippen LogP contribution in [0.4, 0.5) is 11.4 Å². The van der Waals surface area contributed by atoms with Crippen LogP contribution in [0.5, 0.6) is 5.75 Å². The number of nitro benzene ring substituents is 1. The fourth-order valence-corrected chi connectivity index (χ4v) is 3.24. The van der Waals surface area contributed by atoms with E-state index < -0.39 is 11.0 Å². The van der Waals surface area contributed by atoms with Crippen LogP contribution in [0.1, 0.15) is 17.4 Å². The smallest absolute Gasteiger partial charge is 0.271 e. The molecule has 2 aromatic rings. The molecule has 8 heteroatoms. The number of carbonyl (C=O) groups is 1. The summed E-state index contributed by atoms with van der Waals surface area (Å²) in [7, 11) is 3.32. The summed E-state index contributed by atoms with van der Waals surface area (Å²) in [6, 6.07) is 5.74. The number of non-ortho nitro benzene ring substituents is 1. The summed E-state index contributed by atoms with van der Waals surface area (Å²) >= 11 is 1.65. The summed E-state index contributed by atoms with van der Waals surface area (Å²) in [6.45, 7) is 4.49. The number of ether oxygens (including phenoxy) is 1. The van der Waals surface area contributed by atoms with E-state index in [2.05, 4.69) is 5.32 Å². The number of likely N-dealkylation sites (N-methyl/N-ethyl adjacent to an activating group) is 1. The van der Waals surface area contributed by atoms with Crippen molar-refractivity contribution in [2.24, 2.45) is 0 Å². The van der Waals surface area contributed by atoms with Crippen LogP contribution in [0.3, 0.4) is 0 Å². The van der Waals surface area contributed by atoms with E-state index in [4.69, 9.17) is 4.74 Å². The van der Waals surface area contributed by atoms with Gasteiger partial charge in [0.2, 0.25) is 5.91 Å². The Morgan fingerprint density at radius 1 is 1.44 bits per heavy atom. The second-order valence-corrected chi connectivity index (χ2v) is 6.75. The fraction of sp³-hybridized carbons (Fsp3) is 0.353. The van der Waals surface area contributed by atoms with E-state index in [1.807, 2.05) is 30.3 Å². The number of thiophene rings is 1. The number of amides is 1. The molecule has 0 radical (unpaired) electrons. The number of hydrogen-bond donors (Lipinski definition) is 1. The molecule has 0 fully saturated rings. The standard InChI is InChI=1S/C17H21N3O4S/c1-11-7-8-25-16(11)10-19(3)12(2)17(21)18-14-9-13(20(22)23)5-6-15(14)24-4/h5-9,12H,10H2,1-4H3,(H,18,21)/t12-/m0/s1. The van der Waals surface area contributed by atoms with Crippen molar-refractivity contribution in [3.05, 3.63) is 50.2 Å². The molecule has 1 aromatic carbocycles. The van der Waals surface area contributed by atoms with E-state index in [1.165, 1.54) is 35.7 Å². The van der Waals surface area contributed by atoms with Crippen molar-refractivity contribution in [3.63, 3.8) is 0 Å². The molecule has 1 N–H and O–H groups in total. The van der Waals surface area contributed by atoms with E-state index in [-0.39, 0.29) is 17.3 Å². The highest BCUT2D eigenvalue weighted by Crippen LogP contribution is 2.29. The summed E-state index contributed by atoms with van der Waals surface area (Å²) in [6.07, 6.45) is 0. The number of carbonyl (C=O) groups excluding carboxylic acids is 1. The zero-order valence-corrected chi connectivity index (χ0v) is 15.4. The summed E-state index contributed by atoms with van der Waals surface area (Å²) in [5, 5.41) is 15.7. The lowest BCUT2D eigenvalue weighted by Crippen LogP contribution is -2.39. The lowest BCUT2D eigenvalue weighted by Gasteiger charge is -2.24. The molecule has 1 heterocycles. The van der Waals surface area contributed by atoms with Gasteiger partial charge in [-0.1, -0.05) is 0 Å². The van der Waals surface area contributed by atoms with Gasteiger partial charge < -0.3 is 10.1 Å². The van der Waals surface area contributed by atoms with Gasteiger partial charge in [0.1, 0.15) is 5.75 Å². The first-order valence-corrected chi connectivity index (χ1v) is 8.58. The molecular formula is C17H21N3O4S. The van der Waals surface area contributed by atoms with Crippen LogP contribution in [0, 0.1) is 17.0 Å². The molecule has 25 heavy (non-hydrogen) atoms. The normalized spacial score (nSPS) is 12.0. The van der Waals surface area contributed by atoms with Crippen molar-refractivity contribution in [2.45, 2.75) is 26.4 Å². The van der Waals surface area contributed by atoms with Crippen LogP contribution in [0.15, 0.2) is 29.6 Å². The van der Waals surface area contributed by atoms with Gasteiger partial charge in [0.05, 0.1) is 23.8 Å². The third kappa shape index (κ3) is 4.55. The Hall–Kier alpha value is -2.45. The average Bonchev–Trinajstić information content (AvgIpc) is 2.98. The molecule has 7 nitrogen and oxygen atoms in total. The van der Waals surface area contributed by atoms with Gasteiger partial charge in [0.15, 0.2) is 0 Å². The van der Waals surface area contributed by atoms with Crippen molar-refractivity contribution in [3.8, 4) is 5.75 Å². The van der Waals surface area contributed by atoms with E-state index >= 15 is 0 Å². The Balaban J connectivity index is 2.11. The predicted octanol–water partition coefficient (Wildman–Crippen LogP) is 3.43. The molecular weight excluding hydrogens is 342 g/mol. The summed E-state index contributed by atoms with van der Waals surface area (Å²) in [5.74, 6) is 0.124. The highest BCUT2D eigenvalue weighted by atomic mass is 32.1. The van der Waals surface area contributed by atoms with Crippen LogP contribution in [0.2, 0.25) is 0 Å². The first-order chi connectivity index (χ1) is 11.8. The van der Waals surface area contributed by atoms with Crippen LogP contribution in [-0.4, -0.2) is 35.9 Å². The maximum absolute atomic E-state index is 12.5. The molecule has 1 aromatic heterocycles. The molecule has 0 spiro atoms. The first-order valence-electron chi connectivity index (χ1n) is 7.70.